The van der Waals surface area contributed by atoms with Crippen molar-refractivity contribution in [2.45, 2.75) is 38.8 Å². The van der Waals surface area contributed by atoms with Crippen LogP contribution in [0.2, 0.25) is 0 Å². The lowest BCUT2D eigenvalue weighted by Gasteiger charge is -2.39. The van der Waals surface area contributed by atoms with Gasteiger partial charge in [-0.25, -0.2) is 0 Å². The van der Waals surface area contributed by atoms with E-state index < -0.39 is 0 Å². The van der Waals surface area contributed by atoms with E-state index in [2.05, 4.69) is 10.2 Å². The lowest BCUT2D eigenvalue weighted by Crippen LogP contribution is -2.55. The van der Waals surface area contributed by atoms with Crippen LogP contribution in [0.5, 0.6) is 0 Å². The molecule has 2 aromatic rings. The van der Waals surface area contributed by atoms with Crippen molar-refractivity contribution >= 4 is 16.9 Å². The van der Waals surface area contributed by atoms with Gasteiger partial charge in [0.1, 0.15) is 17.4 Å². The SMILES string of the molecule is Cc1oc2ccccc2c1CNC(=O)C1COCCN1CC1CCC1. The van der Waals surface area contributed by atoms with Gasteiger partial charge in [-0.05, 0) is 31.7 Å². The molecular formula is C20H26N2O3. The van der Waals surface area contributed by atoms with Crippen LogP contribution in [-0.2, 0) is 16.1 Å². The third-order valence-electron chi connectivity index (χ3n) is 5.60. The zero-order valence-electron chi connectivity index (χ0n) is 14.8. The van der Waals surface area contributed by atoms with Crippen LogP contribution < -0.4 is 5.32 Å². The molecule has 1 atom stereocenters. The molecule has 25 heavy (non-hydrogen) atoms. The lowest BCUT2D eigenvalue weighted by molar-refractivity contribution is -0.133. The number of fused-ring (bicyclic) bond motifs is 1. The number of aryl methyl sites for hydroxylation is 1. The normalized spacial score (nSPS) is 22.0. The van der Waals surface area contributed by atoms with Crippen LogP contribution in [0.15, 0.2) is 28.7 Å². The summed E-state index contributed by atoms with van der Waals surface area (Å²) in [6.07, 6.45) is 3.93. The molecule has 1 aromatic heterocycles. The summed E-state index contributed by atoms with van der Waals surface area (Å²) in [6, 6.07) is 7.79. The first kappa shape index (κ1) is 16.6. The maximum absolute atomic E-state index is 12.8. The fourth-order valence-corrected chi connectivity index (χ4v) is 3.84. The second-order valence-electron chi connectivity index (χ2n) is 7.23. The van der Waals surface area contributed by atoms with E-state index in [1.165, 1.54) is 19.3 Å². The van der Waals surface area contributed by atoms with Gasteiger partial charge >= 0.3 is 0 Å². The first-order valence-corrected chi connectivity index (χ1v) is 9.29. The molecule has 0 spiro atoms. The average molecular weight is 342 g/mol. The number of carbonyl (C=O) groups is 1. The Kier molecular flexibility index (Phi) is 4.77. The van der Waals surface area contributed by atoms with Crippen molar-refractivity contribution < 1.29 is 13.9 Å². The van der Waals surface area contributed by atoms with Crippen molar-refractivity contribution in [3.8, 4) is 0 Å². The number of rotatable bonds is 5. The summed E-state index contributed by atoms with van der Waals surface area (Å²) in [5.74, 6) is 1.69. The Morgan fingerprint density at radius 1 is 1.32 bits per heavy atom. The zero-order chi connectivity index (χ0) is 17.2. The molecule has 1 aromatic carbocycles. The molecule has 1 aliphatic heterocycles. The van der Waals surface area contributed by atoms with Crippen molar-refractivity contribution in [2.24, 2.45) is 5.92 Å². The number of carbonyl (C=O) groups excluding carboxylic acids is 1. The van der Waals surface area contributed by atoms with Crippen LogP contribution in [0.4, 0.5) is 0 Å². The number of nitrogens with zero attached hydrogens (tertiary/aromatic N) is 1. The van der Waals surface area contributed by atoms with Crippen molar-refractivity contribution in [1.29, 1.82) is 0 Å². The van der Waals surface area contributed by atoms with E-state index in [1.54, 1.807) is 0 Å². The van der Waals surface area contributed by atoms with E-state index in [1.807, 2.05) is 31.2 Å². The maximum Gasteiger partial charge on any atom is 0.240 e. The predicted molar refractivity (Wildman–Crippen MR) is 96.3 cm³/mol. The van der Waals surface area contributed by atoms with Gasteiger partial charge in [0.05, 0.1) is 13.2 Å². The largest absolute Gasteiger partial charge is 0.461 e. The number of amides is 1. The van der Waals surface area contributed by atoms with Gasteiger partial charge in [-0.15, -0.1) is 0 Å². The fraction of sp³-hybridized carbons (Fsp3) is 0.550. The number of hydrogen-bond donors (Lipinski definition) is 1. The van der Waals surface area contributed by atoms with Crippen LogP contribution in [0, 0.1) is 12.8 Å². The summed E-state index contributed by atoms with van der Waals surface area (Å²) in [4.78, 5) is 15.1. The molecule has 5 nitrogen and oxygen atoms in total. The van der Waals surface area contributed by atoms with E-state index >= 15 is 0 Å². The number of morpholine rings is 1. The Bertz CT molecular complexity index is 750. The molecule has 134 valence electrons. The molecule has 1 N–H and O–H groups in total. The number of ether oxygens (including phenoxy) is 1. The minimum atomic E-state index is -0.173. The van der Waals surface area contributed by atoms with Crippen LogP contribution in [0.25, 0.3) is 11.0 Å². The van der Waals surface area contributed by atoms with Gasteiger partial charge in [-0.1, -0.05) is 24.6 Å². The number of furan rings is 1. The topological polar surface area (TPSA) is 54.7 Å². The van der Waals surface area contributed by atoms with E-state index in [0.29, 0.717) is 13.2 Å². The minimum absolute atomic E-state index is 0.0590. The molecule has 0 bridgehead atoms. The summed E-state index contributed by atoms with van der Waals surface area (Å²) in [5.41, 5.74) is 1.93. The average Bonchev–Trinajstić information content (AvgIpc) is 2.91. The first-order chi connectivity index (χ1) is 12.2. The van der Waals surface area contributed by atoms with Crippen molar-refractivity contribution in [1.82, 2.24) is 10.2 Å². The highest BCUT2D eigenvalue weighted by atomic mass is 16.5. The van der Waals surface area contributed by atoms with Gasteiger partial charge in [0, 0.05) is 30.6 Å². The number of hydrogen-bond acceptors (Lipinski definition) is 4. The smallest absolute Gasteiger partial charge is 0.240 e. The van der Waals surface area contributed by atoms with Crippen LogP contribution in [-0.4, -0.2) is 43.2 Å². The predicted octanol–water partition coefficient (Wildman–Crippen LogP) is 2.86. The van der Waals surface area contributed by atoms with Gasteiger partial charge in [0.2, 0.25) is 5.91 Å². The third kappa shape index (κ3) is 3.44. The van der Waals surface area contributed by atoms with E-state index in [-0.39, 0.29) is 11.9 Å². The van der Waals surface area contributed by atoms with Gasteiger partial charge in [-0.3, -0.25) is 9.69 Å². The standard InChI is InChI=1S/C20H26N2O3/c1-14-17(16-7-2-3-8-19(16)25-14)11-21-20(23)18-13-24-10-9-22(18)12-15-5-4-6-15/h2-3,7-8,15,18H,4-6,9-13H2,1H3,(H,21,23). The molecule has 5 heteroatoms. The number of para-hydroxylation sites is 1. The molecule has 1 saturated heterocycles. The summed E-state index contributed by atoms with van der Waals surface area (Å²) >= 11 is 0. The highest BCUT2D eigenvalue weighted by molar-refractivity contribution is 5.85. The molecule has 1 aliphatic carbocycles. The van der Waals surface area contributed by atoms with E-state index in [0.717, 1.165) is 47.9 Å². The van der Waals surface area contributed by atoms with Crippen LogP contribution in [0.1, 0.15) is 30.6 Å². The van der Waals surface area contributed by atoms with Gasteiger partial charge in [-0.2, -0.15) is 0 Å². The van der Waals surface area contributed by atoms with Gasteiger partial charge in [0.15, 0.2) is 0 Å². The van der Waals surface area contributed by atoms with Gasteiger partial charge in [0.25, 0.3) is 0 Å². The fourth-order valence-electron chi connectivity index (χ4n) is 3.84. The Morgan fingerprint density at radius 3 is 2.96 bits per heavy atom. The van der Waals surface area contributed by atoms with Gasteiger partial charge < -0.3 is 14.5 Å². The molecule has 4 rings (SSSR count). The summed E-state index contributed by atoms with van der Waals surface area (Å²) in [5, 5.41) is 4.18. The lowest BCUT2D eigenvalue weighted by atomic mass is 9.84. The molecule has 0 radical (unpaired) electrons. The Labute approximate surface area is 148 Å². The minimum Gasteiger partial charge on any atom is -0.461 e. The number of benzene rings is 1. The quantitative estimate of drug-likeness (QED) is 0.908. The Balaban J connectivity index is 1.42. The first-order valence-electron chi connectivity index (χ1n) is 9.29. The van der Waals surface area contributed by atoms with Crippen molar-refractivity contribution in [3.05, 3.63) is 35.6 Å². The molecule has 1 unspecified atom stereocenters. The molecule has 1 amide bonds. The van der Waals surface area contributed by atoms with E-state index in [9.17, 15) is 4.79 Å². The molecule has 2 aliphatic rings. The highest BCUT2D eigenvalue weighted by Gasteiger charge is 2.32. The monoisotopic (exact) mass is 342 g/mol. The summed E-state index contributed by atoms with van der Waals surface area (Å²) < 4.78 is 11.4. The summed E-state index contributed by atoms with van der Waals surface area (Å²) in [7, 11) is 0. The zero-order valence-corrected chi connectivity index (χ0v) is 14.8. The van der Waals surface area contributed by atoms with E-state index in [4.69, 9.17) is 9.15 Å². The molecule has 2 heterocycles. The van der Waals surface area contributed by atoms with Crippen molar-refractivity contribution in [3.63, 3.8) is 0 Å². The second-order valence-corrected chi connectivity index (χ2v) is 7.23. The second kappa shape index (κ2) is 7.18. The molecule has 2 fully saturated rings. The maximum atomic E-state index is 12.8. The number of nitrogens with one attached hydrogen (secondary N) is 1. The highest BCUT2D eigenvalue weighted by Crippen LogP contribution is 2.28. The van der Waals surface area contributed by atoms with Crippen molar-refractivity contribution in [2.75, 3.05) is 26.3 Å². The molecular weight excluding hydrogens is 316 g/mol. The van der Waals surface area contributed by atoms with Crippen LogP contribution in [0.3, 0.4) is 0 Å². The summed E-state index contributed by atoms with van der Waals surface area (Å²) in [6.45, 7) is 5.53. The Morgan fingerprint density at radius 2 is 2.16 bits per heavy atom. The van der Waals surface area contributed by atoms with Crippen LogP contribution >= 0.6 is 0 Å². The third-order valence-corrected chi connectivity index (χ3v) is 5.60. The molecule has 1 saturated carbocycles. The Hall–Kier alpha value is -1.85.